The number of hydrogen-bond donors (Lipinski definition) is 3. The highest BCUT2D eigenvalue weighted by Crippen LogP contribution is 2.33. The van der Waals surface area contributed by atoms with E-state index in [4.69, 9.17) is 0 Å². The molecular formula is C23H18F3N3O2. The van der Waals surface area contributed by atoms with Gasteiger partial charge >= 0.3 is 6.18 Å². The van der Waals surface area contributed by atoms with Gasteiger partial charge in [0.05, 0.1) is 11.1 Å². The first-order chi connectivity index (χ1) is 14.8. The van der Waals surface area contributed by atoms with Crippen molar-refractivity contribution in [2.24, 2.45) is 0 Å². The Morgan fingerprint density at radius 2 is 1.87 bits per heavy atom. The Bertz CT molecular complexity index is 1200. The predicted molar refractivity (Wildman–Crippen MR) is 113 cm³/mol. The van der Waals surface area contributed by atoms with Crippen LogP contribution in [0.25, 0.3) is 0 Å². The van der Waals surface area contributed by atoms with Gasteiger partial charge in [-0.3, -0.25) is 9.59 Å². The first kappa shape index (κ1) is 21.7. The molecular weight excluding hydrogens is 407 g/mol. The van der Waals surface area contributed by atoms with E-state index in [0.717, 1.165) is 11.6 Å². The van der Waals surface area contributed by atoms with E-state index in [1.54, 1.807) is 36.5 Å². The molecule has 3 N–H and O–H groups in total. The lowest BCUT2D eigenvalue weighted by Gasteiger charge is -2.14. The summed E-state index contributed by atoms with van der Waals surface area (Å²) in [6, 6.07) is 13.1. The fourth-order valence-corrected chi connectivity index (χ4v) is 2.88. The summed E-state index contributed by atoms with van der Waals surface area (Å²) in [5.41, 5.74) is 0.262. The van der Waals surface area contributed by atoms with E-state index in [0.29, 0.717) is 12.2 Å². The number of hydrogen-bond acceptors (Lipinski definition) is 3. The number of para-hydroxylation sites is 1. The van der Waals surface area contributed by atoms with E-state index in [-0.39, 0.29) is 22.4 Å². The quantitative estimate of drug-likeness (QED) is 0.522. The second kappa shape index (κ2) is 9.22. The van der Waals surface area contributed by atoms with Gasteiger partial charge in [-0.15, -0.1) is 5.92 Å². The first-order valence-electron chi connectivity index (χ1n) is 9.24. The van der Waals surface area contributed by atoms with Crippen molar-refractivity contribution in [1.82, 2.24) is 4.98 Å². The molecule has 2 aromatic carbocycles. The zero-order chi connectivity index (χ0) is 22.4. The fraction of sp³-hybridized carbons (Fsp3) is 0.130. The number of alkyl halides is 3. The highest BCUT2D eigenvalue weighted by molar-refractivity contribution is 6.08. The number of rotatable bonds is 5. The maximum atomic E-state index is 13.4. The lowest BCUT2D eigenvalue weighted by molar-refractivity contribution is -0.137. The molecule has 0 aliphatic carbocycles. The van der Waals surface area contributed by atoms with Crippen LogP contribution in [-0.4, -0.2) is 10.9 Å². The van der Waals surface area contributed by atoms with Crippen molar-refractivity contribution in [2.45, 2.75) is 19.6 Å². The van der Waals surface area contributed by atoms with Crippen LogP contribution in [-0.2, 0) is 12.7 Å². The third-order valence-corrected chi connectivity index (χ3v) is 4.35. The lowest BCUT2D eigenvalue weighted by atomic mass is 10.1. The van der Waals surface area contributed by atoms with E-state index < -0.39 is 17.6 Å². The van der Waals surface area contributed by atoms with Gasteiger partial charge in [-0.25, -0.2) is 0 Å². The summed E-state index contributed by atoms with van der Waals surface area (Å²) in [6.07, 6.45) is -3.05. The Balaban J connectivity index is 1.81. The Hall–Kier alpha value is -3.99. The molecule has 0 atom stereocenters. The summed E-state index contributed by atoms with van der Waals surface area (Å²) < 4.78 is 40.1. The van der Waals surface area contributed by atoms with Crippen molar-refractivity contribution in [2.75, 3.05) is 10.6 Å². The van der Waals surface area contributed by atoms with Crippen LogP contribution >= 0.6 is 0 Å². The number of carbonyl (C=O) groups is 1. The topological polar surface area (TPSA) is 74.0 Å². The van der Waals surface area contributed by atoms with E-state index in [2.05, 4.69) is 27.5 Å². The van der Waals surface area contributed by atoms with E-state index >= 15 is 0 Å². The van der Waals surface area contributed by atoms with Crippen LogP contribution < -0.4 is 16.2 Å². The molecule has 0 aliphatic heterocycles. The van der Waals surface area contributed by atoms with Gasteiger partial charge in [-0.1, -0.05) is 24.1 Å². The zero-order valence-electron chi connectivity index (χ0n) is 16.4. The van der Waals surface area contributed by atoms with Gasteiger partial charge in [-0.2, -0.15) is 13.2 Å². The van der Waals surface area contributed by atoms with Crippen molar-refractivity contribution >= 4 is 17.3 Å². The van der Waals surface area contributed by atoms with Crippen molar-refractivity contribution < 1.29 is 18.0 Å². The minimum atomic E-state index is -4.60. The Kier molecular flexibility index (Phi) is 6.46. The Labute approximate surface area is 176 Å². The minimum absolute atomic E-state index is 0.00872. The molecule has 3 rings (SSSR count). The highest BCUT2D eigenvalue weighted by Gasteiger charge is 2.33. The molecule has 0 radical (unpaired) electrons. The molecule has 8 heteroatoms. The van der Waals surface area contributed by atoms with Crippen molar-refractivity contribution in [1.29, 1.82) is 0 Å². The molecule has 31 heavy (non-hydrogen) atoms. The average molecular weight is 425 g/mol. The molecule has 1 heterocycles. The van der Waals surface area contributed by atoms with Gasteiger partial charge in [0.1, 0.15) is 0 Å². The number of aromatic nitrogens is 1. The van der Waals surface area contributed by atoms with Crippen LogP contribution in [0, 0.1) is 11.8 Å². The third kappa shape index (κ3) is 5.54. The van der Waals surface area contributed by atoms with Crippen LogP contribution in [0.3, 0.4) is 0 Å². The number of carbonyl (C=O) groups excluding carboxylic acids is 1. The maximum Gasteiger partial charge on any atom is 0.417 e. The Morgan fingerprint density at radius 1 is 1.10 bits per heavy atom. The summed E-state index contributed by atoms with van der Waals surface area (Å²) in [4.78, 5) is 26.5. The number of anilines is 2. The zero-order valence-corrected chi connectivity index (χ0v) is 16.4. The predicted octanol–water partition coefficient (Wildman–Crippen LogP) is 4.63. The summed E-state index contributed by atoms with van der Waals surface area (Å²) in [6.45, 7) is 1.79. The van der Waals surface area contributed by atoms with Crippen molar-refractivity contribution in [3.05, 3.63) is 93.4 Å². The highest BCUT2D eigenvalue weighted by atomic mass is 19.4. The second-order valence-corrected chi connectivity index (χ2v) is 6.55. The summed E-state index contributed by atoms with van der Waals surface area (Å²) in [5, 5.41) is 5.61. The number of nitrogens with one attached hydrogen (secondary N) is 3. The van der Waals surface area contributed by atoms with Crippen molar-refractivity contribution in [3.63, 3.8) is 0 Å². The SMILES string of the molecule is CC#Cc1ccc(NC(=O)c2ccccc2NCc2ccc(=O)[nH]c2)cc1C(F)(F)F. The molecule has 0 saturated heterocycles. The molecule has 158 valence electrons. The van der Waals surface area contributed by atoms with Crippen LogP contribution in [0.15, 0.2) is 65.6 Å². The van der Waals surface area contributed by atoms with Gasteiger partial charge in [0.25, 0.3) is 5.91 Å². The normalized spacial score (nSPS) is 10.7. The minimum Gasteiger partial charge on any atom is -0.380 e. The molecule has 5 nitrogen and oxygen atoms in total. The summed E-state index contributed by atoms with van der Waals surface area (Å²) in [5.74, 6) is 4.32. The first-order valence-corrected chi connectivity index (χ1v) is 9.24. The number of benzene rings is 2. The smallest absolute Gasteiger partial charge is 0.380 e. The lowest BCUT2D eigenvalue weighted by Crippen LogP contribution is -2.16. The van der Waals surface area contributed by atoms with Crippen LogP contribution in [0.5, 0.6) is 0 Å². The monoisotopic (exact) mass is 425 g/mol. The number of pyridine rings is 1. The number of amides is 1. The molecule has 0 saturated carbocycles. The molecule has 3 aromatic rings. The van der Waals surface area contributed by atoms with Crippen LogP contribution in [0.1, 0.15) is 34.0 Å². The molecule has 0 aliphatic rings. The van der Waals surface area contributed by atoms with Gasteiger partial charge in [-0.05, 0) is 42.8 Å². The van der Waals surface area contributed by atoms with E-state index in [1.807, 2.05) is 0 Å². The van der Waals surface area contributed by atoms with Gasteiger partial charge in [0, 0.05) is 35.7 Å². The molecule has 0 unspecified atom stereocenters. The van der Waals surface area contributed by atoms with Gasteiger partial charge < -0.3 is 15.6 Å². The molecule has 1 aromatic heterocycles. The van der Waals surface area contributed by atoms with Gasteiger partial charge in [0.15, 0.2) is 0 Å². The molecule has 0 bridgehead atoms. The molecule has 1 amide bonds. The van der Waals surface area contributed by atoms with E-state index in [1.165, 1.54) is 25.1 Å². The van der Waals surface area contributed by atoms with E-state index in [9.17, 15) is 22.8 Å². The summed E-state index contributed by atoms with van der Waals surface area (Å²) >= 11 is 0. The Morgan fingerprint density at radius 3 is 2.55 bits per heavy atom. The summed E-state index contributed by atoms with van der Waals surface area (Å²) in [7, 11) is 0. The van der Waals surface area contributed by atoms with Crippen LogP contribution in [0.4, 0.5) is 24.5 Å². The third-order valence-electron chi connectivity index (χ3n) is 4.35. The maximum absolute atomic E-state index is 13.4. The standard InChI is InChI=1S/C23H18F3N3O2/c1-2-5-16-9-10-17(12-19(16)23(24,25)26)29-22(31)18-6-3-4-7-20(18)27-13-15-8-11-21(30)28-14-15/h3-4,6-12,14,27H,13H2,1H3,(H,28,30)(H,29,31). The van der Waals surface area contributed by atoms with Crippen molar-refractivity contribution in [3.8, 4) is 11.8 Å². The largest absolute Gasteiger partial charge is 0.417 e. The average Bonchev–Trinajstić information content (AvgIpc) is 2.74. The van der Waals surface area contributed by atoms with Crippen LogP contribution in [0.2, 0.25) is 0 Å². The second-order valence-electron chi connectivity index (χ2n) is 6.55. The number of H-pyrrole nitrogens is 1. The number of aromatic amines is 1. The molecule has 0 fully saturated rings. The van der Waals surface area contributed by atoms with Gasteiger partial charge in [0.2, 0.25) is 5.56 Å². The number of halogens is 3. The molecule has 0 spiro atoms. The fourth-order valence-electron chi connectivity index (χ4n) is 2.88.